The Labute approximate surface area is 379 Å². The predicted molar refractivity (Wildman–Crippen MR) is 257 cm³/mol. The lowest BCUT2D eigenvalue weighted by molar-refractivity contribution is -0.141. The minimum Gasteiger partial charge on any atom is -0.508 e. The molecule has 0 heterocycles. The van der Waals surface area contributed by atoms with Crippen molar-refractivity contribution in [3.63, 3.8) is 0 Å². The molecule has 0 aromatic heterocycles. The van der Waals surface area contributed by atoms with Crippen molar-refractivity contribution in [2.45, 2.75) is 271 Å². The molecule has 0 aliphatic heterocycles. The number of amides is 4. The fraction of sp³-hybridized carbons (Fsp3) is 0.808. The van der Waals surface area contributed by atoms with Gasteiger partial charge in [0.2, 0.25) is 35.6 Å². The SMILES string of the molecule is CCCCCCCCCC(=O)NC(Oc1ccc(O)c(C(C)(C)C)c1)C(NC(=O)CCCCCCCCC)(NC(=O)CCCCCCCCC)NC(=O)CCCCCCCCC. The van der Waals surface area contributed by atoms with E-state index >= 15 is 0 Å². The summed E-state index contributed by atoms with van der Waals surface area (Å²) in [4.78, 5) is 56.3. The molecule has 0 radical (unpaired) electrons. The van der Waals surface area contributed by atoms with Gasteiger partial charge in [0.15, 0.2) is 0 Å². The molecule has 0 saturated carbocycles. The molecule has 10 heteroatoms. The Morgan fingerprint density at radius 2 is 0.790 bits per heavy atom. The number of unbranched alkanes of at least 4 members (excludes halogenated alkanes) is 24. The molecule has 4 amide bonds. The number of aromatic hydroxyl groups is 1. The molecule has 0 aliphatic rings. The molecule has 1 atom stereocenters. The largest absolute Gasteiger partial charge is 0.508 e. The molecule has 62 heavy (non-hydrogen) atoms. The first-order valence-corrected chi connectivity index (χ1v) is 25.5. The zero-order valence-corrected chi connectivity index (χ0v) is 40.9. The lowest BCUT2D eigenvalue weighted by atomic mass is 9.86. The molecule has 1 rings (SSSR count). The maximum atomic E-state index is 14.1. The molecular formula is C52H94N4O6. The van der Waals surface area contributed by atoms with Gasteiger partial charge in [0.05, 0.1) is 0 Å². The van der Waals surface area contributed by atoms with Crippen molar-refractivity contribution in [1.82, 2.24) is 21.3 Å². The maximum absolute atomic E-state index is 14.1. The van der Waals surface area contributed by atoms with Gasteiger partial charge in [-0.25, -0.2) is 0 Å². The topological polar surface area (TPSA) is 146 Å². The number of hydrogen-bond acceptors (Lipinski definition) is 6. The van der Waals surface area contributed by atoms with Gasteiger partial charge in [-0.3, -0.25) is 19.2 Å². The van der Waals surface area contributed by atoms with Crippen LogP contribution in [0, 0.1) is 0 Å². The van der Waals surface area contributed by atoms with E-state index < -0.39 is 17.4 Å². The Morgan fingerprint density at radius 1 is 0.484 bits per heavy atom. The number of phenols is 1. The van der Waals surface area contributed by atoms with E-state index in [1.807, 2.05) is 20.8 Å². The van der Waals surface area contributed by atoms with Crippen LogP contribution >= 0.6 is 0 Å². The van der Waals surface area contributed by atoms with E-state index in [0.717, 1.165) is 77.0 Å². The Balaban J connectivity index is 3.65. The Hall–Kier alpha value is -3.30. The van der Waals surface area contributed by atoms with E-state index in [0.29, 0.717) is 37.0 Å². The van der Waals surface area contributed by atoms with Gasteiger partial charge in [-0.15, -0.1) is 0 Å². The summed E-state index contributed by atoms with van der Waals surface area (Å²) in [6.45, 7) is 14.7. The minimum atomic E-state index is -2.01. The van der Waals surface area contributed by atoms with E-state index in [1.54, 1.807) is 18.2 Å². The summed E-state index contributed by atoms with van der Waals surface area (Å²) >= 11 is 0. The standard InChI is InChI=1S/C52H94N4O6/c1-8-12-16-20-24-28-32-36-46(58)53-50(62-43-40-41-45(57)44(42-43)51(5,6)7)52(54-47(59)37-33-29-25-21-17-13-9-2,55-48(60)38-34-30-26-22-18-14-10-3)56-49(61)39-35-31-27-23-19-15-11-4/h40-42,50,57H,8-39H2,1-7H3,(H,53,58)(H,54,59)(H,55,60)(H,56,61). The molecule has 0 fully saturated rings. The molecule has 10 nitrogen and oxygen atoms in total. The normalized spacial score (nSPS) is 12.2. The van der Waals surface area contributed by atoms with Crippen molar-refractivity contribution in [3.8, 4) is 11.5 Å². The number of rotatable bonds is 39. The summed E-state index contributed by atoms with van der Waals surface area (Å²) < 4.78 is 6.67. The van der Waals surface area contributed by atoms with Crippen LogP contribution in [0.5, 0.6) is 11.5 Å². The molecule has 0 aliphatic carbocycles. The van der Waals surface area contributed by atoms with Crippen molar-refractivity contribution in [1.29, 1.82) is 0 Å². The number of ether oxygens (including phenoxy) is 1. The van der Waals surface area contributed by atoms with E-state index in [9.17, 15) is 24.3 Å². The molecule has 1 unspecified atom stereocenters. The molecule has 0 spiro atoms. The van der Waals surface area contributed by atoms with Gasteiger partial charge >= 0.3 is 0 Å². The third kappa shape index (κ3) is 27.0. The van der Waals surface area contributed by atoms with Crippen LogP contribution in [0.2, 0.25) is 0 Å². The molecule has 0 bridgehead atoms. The fourth-order valence-electron chi connectivity index (χ4n) is 7.88. The smallest absolute Gasteiger partial charge is 0.250 e. The first-order valence-electron chi connectivity index (χ1n) is 25.5. The van der Waals surface area contributed by atoms with Crippen LogP contribution in [-0.2, 0) is 24.6 Å². The second-order valence-corrected chi connectivity index (χ2v) is 18.9. The number of nitrogens with one attached hydrogen (secondary N) is 4. The third-order valence-corrected chi connectivity index (χ3v) is 11.8. The lowest BCUT2D eigenvalue weighted by Gasteiger charge is -2.42. The van der Waals surface area contributed by atoms with Crippen LogP contribution < -0.4 is 26.0 Å². The monoisotopic (exact) mass is 871 g/mol. The van der Waals surface area contributed by atoms with Gasteiger partial charge in [0.1, 0.15) is 11.5 Å². The summed E-state index contributed by atoms with van der Waals surface area (Å²) in [6.07, 6.45) is 28.3. The van der Waals surface area contributed by atoms with Crippen LogP contribution in [0.4, 0.5) is 0 Å². The van der Waals surface area contributed by atoms with Gasteiger partial charge < -0.3 is 31.1 Å². The molecule has 5 N–H and O–H groups in total. The summed E-state index contributed by atoms with van der Waals surface area (Å²) in [5.41, 5.74) is 0.180. The summed E-state index contributed by atoms with van der Waals surface area (Å²) in [5.74, 6) is -2.99. The van der Waals surface area contributed by atoms with Crippen LogP contribution in [0.15, 0.2) is 18.2 Å². The van der Waals surface area contributed by atoms with Crippen LogP contribution in [0.1, 0.15) is 259 Å². The maximum Gasteiger partial charge on any atom is 0.250 e. The van der Waals surface area contributed by atoms with E-state index in [2.05, 4.69) is 49.0 Å². The molecule has 0 saturated heterocycles. The highest BCUT2D eigenvalue weighted by atomic mass is 16.5. The van der Waals surface area contributed by atoms with Crippen molar-refractivity contribution in [2.75, 3.05) is 0 Å². The predicted octanol–water partition coefficient (Wildman–Crippen LogP) is 13.1. The van der Waals surface area contributed by atoms with Crippen molar-refractivity contribution < 1.29 is 29.0 Å². The Kier molecular flexibility index (Phi) is 32.1. The number of carbonyl (C=O) groups is 4. The minimum absolute atomic E-state index is 0.102. The highest BCUT2D eigenvalue weighted by Gasteiger charge is 2.46. The Morgan fingerprint density at radius 3 is 1.11 bits per heavy atom. The summed E-state index contributed by atoms with van der Waals surface area (Å²) in [7, 11) is 0. The first kappa shape index (κ1) is 56.7. The van der Waals surface area contributed by atoms with E-state index in [4.69, 9.17) is 4.74 Å². The van der Waals surface area contributed by atoms with E-state index in [1.165, 1.54) is 77.0 Å². The lowest BCUT2D eigenvalue weighted by Crippen LogP contribution is -2.80. The molecule has 1 aromatic carbocycles. The Bertz CT molecular complexity index is 1270. The third-order valence-electron chi connectivity index (χ3n) is 11.8. The highest BCUT2D eigenvalue weighted by molar-refractivity contribution is 5.84. The number of carbonyl (C=O) groups excluding carboxylic acids is 4. The zero-order chi connectivity index (χ0) is 45.9. The average Bonchev–Trinajstić information content (AvgIpc) is 3.22. The average molecular weight is 871 g/mol. The zero-order valence-electron chi connectivity index (χ0n) is 40.9. The quantitative estimate of drug-likeness (QED) is 0.0329. The van der Waals surface area contributed by atoms with E-state index in [-0.39, 0.29) is 55.1 Å². The van der Waals surface area contributed by atoms with Crippen LogP contribution in [-0.4, -0.2) is 40.7 Å². The molecular weight excluding hydrogens is 777 g/mol. The molecule has 358 valence electrons. The second kappa shape index (κ2) is 35.1. The summed E-state index contributed by atoms with van der Waals surface area (Å²) in [6, 6.07) is 4.87. The number of hydrogen-bond donors (Lipinski definition) is 5. The number of benzene rings is 1. The van der Waals surface area contributed by atoms with Gasteiger partial charge in [-0.1, -0.05) is 203 Å². The second-order valence-electron chi connectivity index (χ2n) is 18.9. The number of phenolic OH excluding ortho intramolecular Hbond substituents is 1. The molecule has 1 aromatic rings. The highest BCUT2D eigenvalue weighted by Crippen LogP contribution is 2.34. The van der Waals surface area contributed by atoms with Crippen LogP contribution in [0.3, 0.4) is 0 Å². The van der Waals surface area contributed by atoms with Gasteiger partial charge in [0, 0.05) is 31.2 Å². The van der Waals surface area contributed by atoms with Crippen molar-refractivity contribution in [2.24, 2.45) is 0 Å². The van der Waals surface area contributed by atoms with Gasteiger partial charge in [0.25, 0.3) is 0 Å². The first-order chi connectivity index (χ1) is 29.8. The van der Waals surface area contributed by atoms with Crippen LogP contribution in [0.25, 0.3) is 0 Å². The fourth-order valence-corrected chi connectivity index (χ4v) is 7.88. The van der Waals surface area contributed by atoms with Gasteiger partial charge in [-0.05, 0) is 49.3 Å². The van der Waals surface area contributed by atoms with Gasteiger partial charge in [-0.2, -0.15) is 0 Å². The van der Waals surface area contributed by atoms with Crippen molar-refractivity contribution in [3.05, 3.63) is 23.8 Å². The van der Waals surface area contributed by atoms with Crippen molar-refractivity contribution >= 4 is 23.6 Å². The summed E-state index contributed by atoms with van der Waals surface area (Å²) in [5, 5.41) is 23.0.